The van der Waals surface area contributed by atoms with Crippen LogP contribution in [0.1, 0.15) is 46.5 Å². The molecule has 0 aliphatic carbocycles. The molecule has 1 spiro atoms. The van der Waals surface area contributed by atoms with E-state index < -0.39 is 11.1 Å². The third-order valence-corrected chi connectivity index (χ3v) is 5.28. The minimum absolute atomic E-state index is 0.117. The van der Waals surface area contributed by atoms with Crippen LogP contribution < -0.4 is 5.32 Å². The van der Waals surface area contributed by atoms with Crippen molar-refractivity contribution in [3.8, 4) is 0 Å². The summed E-state index contributed by atoms with van der Waals surface area (Å²) in [6.07, 6.45) is 2.00. The molecule has 3 fully saturated rings. The summed E-state index contributed by atoms with van der Waals surface area (Å²) in [7, 11) is 0. The van der Waals surface area contributed by atoms with Crippen LogP contribution in [0.3, 0.4) is 0 Å². The van der Waals surface area contributed by atoms with E-state index in [0.29, 0.717) is 52.1 Å². The number of urea groups is 1. The third-order valence-electron chi connectivity index (χ3n) is 5.28. The molecule has 0 bridgehead atoms. The molecule has 1 N–H and O–H groups in total. The summed E-state index contributed by atoms with van der Waals surface area (Å²) in [5, 5.41) is 2.86. The highest BCUT2D eigenvalue weighted by molar-refractivity contribution is 6.07. The van der Waals surface area contributed by atoms with Crippen LogP contribution in [-0.4, -0.2) is 84.5 Å². The summed E-state index contributed by atoms with van der Waals surface area (Å²) >= 11 is 0. The van der Waals surface area contributed by atoms with Crippen molar-refractivity contribution in [2.24, 2.45) is 0 Å². The van der Waals surface area contributed by atoms with Gasteiger partial charge in [0.1, 0.15) is 11.1 Å². The second-order valence-corrected chi connectivity index (χ2v) is 8.65. The molecule has 0 aromatic carbocycles. The average Bonchev–Trinajstić information content (AvgIpc) is 3.20. The number of piperidine rings is 1. The second-order valence-electron chi connectivity index (χ2n) is 8.65. The van der Waals surface area contributed by atoms with Gasteiger partial charge in [-0.3, -0.25) is 9.69 Å². The predicted molar refractivity (Wildman–Crippen MR) is 99.8 cm³/mol. The van der Waals surface area contributed by atoms with Crippen LogP contribution in [-0.2, 0) is 19.0 Å². The van der Waals surface area contributed by atoms with Gasteiger partial charge in [0.15, 0.2) is 0 Å². The predicted octanol–water partition coefficient (Wildman–Crippen LogP) is 1.50. The van der Waals surface area contributed by atoms with Crippen LogP contribution in [0.25, 0.3) is 0 Å². The minimum Gasteiger partial charge on any atom is -0.444 e. The van der Waals surface area contributed by atoms with E-state index in [1.807, 2.05) is 20.8 Å². The number of carbonyl (C=O) groups excluding carboxylic acids is 3. The fourth-order valence-corrected chi connectivity index (χ4v) is 3.73. The first-order chi connectivity index (χ1) is 13.2. The van der Waals surface area contributed by atoms with Crippen LogP contribution in [0, 0.1) is 0 Å². The van der Waals surface area contributed by atoms with Gasteiger partial charge in [0.25, 0.3) is 5.91 Å². The van der Waals surface area contributed by atoms with E-state index in [1.54, 1.807) is 4.90 Å². The van der Waals surface area contributed by atoms with Crippen LogP contribution in [0.4, 0.5) is 9.59 Å². The molecule has 3 aliphatic rings. The van der Waals surface area contributed by atoms with E-state index >= 15 is 0 Å². The molecule has 0 aromatic heterocycles. The van der Waals surface area contributed by atoms with Gasteiger partial charge < -0.3 is 24.4 Å². The quantitative estimate of drug-likeness (QED) is 0.558. The highest BCUT2D eigenvalue weighted by atomic mass is 16.6. The first-order valence-corrected chi connectivity index (χ1v) is 10.0. The van der Waals surface area contributed by atoms with Crippen molar-refractivity contribution < 1.29 is 28.6 Å². The number of imide groups is 1. The maximum atomic E-state index is 12.9. The summed E-state index contributed by atoms with van der Waals surface area (Å²) in [6.45, 7) is 8.36. The van der Waals surface area contributed by atoms with Crippen LogP contribution in [0.5, 0.6) is 0 Å². The summed E-state index contributed by atoms with van der Waals surface area (Å²) in [5.74, 6) is -0.203. The summed E-state index contributed by atoms with van der Waals surface area (Å²) < 4.78 is 16.3. The van der Waals surface area contributed by atoms with Crippen molar-refractivity contribution in [2.75, 3.05) is 39.5 Å². The number of nitrogens with one attached hydrogen (secondary N) is 1. The Bertz CT molecular complexity index is 603. The molecule has 4 amide bonds. The van der Waals surface area contributed by atoms with Crippen molar-refractivity contribution in [3.05, 3.63) is 0 Å². The zero-order valence-corrected chi connectivity index (χ0v) is 17.0. The van der Waals surface area contributed by atoms with E-state index in [2.05, 4.69) is 5.32 Å². The SMILES string of the molecule is CC(C)(C)OC(=O)N1CCC2(CC1)NC(=O)N(CCCO[C@H]1CCOC1)C2=O. The second kappa shape index (κ2) is 8.24. The van der Waals surface area contributed by atoms with Crippen molar-refractivity contribution in [2.45, 2.75) is 63.7 Å². The number of hydrogen-bond acceptors (Lipinski definition) is 6. The molecule has 3 aliphatic heterocycles. The van der Waals surface area contributed by atoms with Crippen LogP contribution in [0.2, 0.25) is 0 Å². The van der Waals surface area contributed by atoms with Gasteiger partial charge in [-0.15, -0.1) is 0 Å². The lowest BCUT2D eigenvalue weighted by atomic mass is 9.87. The van der Waals surface area contributed by atoms with Gasteiger partial charge in [-0.05, 0) is 46.5 Å². The van der Waals surface area contributed by atoms with Crippen LogP contribution >= 0.6 is 0 Å². The van der Waals surface area contributed by atoms with E-state index in [-0.39, 0.29) is 24.1 Å². The normalized spacial score (nSPS) is 24.8. The fraction of sp³-hybridized carbons (Fsp3) is 0.842. The Labute approximate surface area is 165 Å². The lowest BCUT2D eigenvalue weighted by molar-refractivity contribution is -0.133. The van der Waals surface area contributed by atoms with E-state index in [0.717, 1.165) is 13.0 Å². The molecule has 0 saturated carbocycles. The van der Waals surface area contributed by atoms with Gasteiger partial charge in [-0.25, -0.2) is 9.59 Å². The molecule has 158 valence electrons. The molecule has 9 heteroatoms. The van der Waals surface area contributed by atoms with Gasteiger partial charge >= 0.3 is 12.1 Å². The zero-order chi connectivity index (χ0) is 20.4. The molecule has 0 unspecified atom stereocenters. The first kappa shape index (κ1) is 20.9. The first-order valence-electron chi connectivity index (χ1n) is 10.0. The van der Waals surface area contributed by atoms with Crippen molar-refractivity contribution in [1.29, 1.82) is 0 Å². The Morgan fingerprint density at radius 3 is 2.61 bits per heavy atom. The van der Waals surface area contributed by atoms with Gasteiger partial charge in [0, 0.05) is 32.8 Å². The molecule has 3 heterocycles. The van der Waals surface area contributed by atoms with Gasteiger partial charge in [-0.2, -0.15) is 0 Å². The van der Waals surface area contributed by atoms with E-state index in [9.17, 15) is 14.4 Å². The Balaban J connectivity index is 1.47. The third kappa shape index (κ3) is 4.75. The maximum absolute atomic E-state index is 12.9. The number of carbonyl (C=O) groups is 3. The molecular weight excluding hydrogens is 366 g/mol. The number of hydrogen-bond donors (Lipinski definition) is 1. The lowest BCUT2D eigenvalue weighted by Crippen LogP contribution is -2.56. The molecule has 1 atom stereocenters. The van der Waals surface area contributed by atoms with Crippen molar-refractivity contribution in [3.63, 3.8) is 0 Å². The van der Waals surface area contributed by atoms with Gasteiger partial charge in [-0.1, -0.05) is 0 Å². The highest BCUT2D eigenvalue weighted by Crippen LogP contribution is 2.30. The topological polar surface area (TPSA) is 97.4 Å². The summed E-state index contributed by atoms with van der Waals surface area (Å²) in [4.78, 5) is 40.3. The fourth-order valence-electron chi connectivity index (χ4n) is 3.73. The number of likely N-dealkylation sites (tertiary alicyclic amines) is 1. The smallest absolute Gasteiger partial charge is 0.410 e. The Morgan fingerprint density at radius 2 is 2.00 bits per heavy atom. The van der Waals surface area contributed by atoms with E-state index in [4.69, 9.17) is 14.2 Å². The van der Waals surface area contributed by atoms with E-state index in [1.165, 1.54) is 4.90 Å². The van der Waals surface area contributed by atoms with Gasteiger partial charge in [0.05, 0.1) is 12.7 Å². The average molecular weight is 397 g/mol. The Kier molecular flexibility index (Phi) is 6.14. The maximum Gasteiger partial charge on any atom is 0.410 e. The number of amides is 4. The molecule has 9 nitrogen and oxygen atoms in total. The number of nitrogens with zero attached hydrogens (tertiary/aromatic N) is 2. The zero-order valence-electron chi connectivity index (χ0n) is 17.0. The minimum atomic E-state index is -0.907. The molecule has 3 rings (SSSR count). The summed E-state index contributed by atoms with van der Waals surface area (Å²) in [6, 6.07) is -0.361. The Hall–Kier alpha value is -1.87. The van der Waals surface area contributed by atoms with Crippen molar-refractivity contribution in [1.82, 2.24) is 15.1 Å². The largest absolute Gasteiger partial charge is 0.444 e. The lowest BCUT2D eigenvalue weighted by Gasteiger charge is -2.37. The Morgan fingerprint density at radius 1 is 1.29 bits per heavy atom. The standard InChI is InChI=1S/C19H31N3O6/c1-18(2,3)28-17(25)21-9-6-19(7-10-21)15(23)22(16(24)20-19)8-4-11-27-14-5-12-26-13-14/h14H,4-13H2,1-3H3,(H,20,24)/t14-/m0/s1. The van der Waals surface area contributed by atoms with Crippen molar-refractivity contribution >= 4 is 18.0 Å². The molecule has 0 aromatic rings. The molecular formula is C19H31N3O6. The number of rotatable bonds is 5. The monoisotopic (exact) mass is 397 g/mol. The van der Waals surface area contributed by atoms with Gasteiger partial charge in [0.2, 0.25) is 0 Å². The van der Waals surface area contributed by atoms with Crippen LogP contribution in [0.15, 0.2) is 0 Å². The molecule has 0 radical (unpaired) electrons. The molecule has 3 saturated heterocycles. The number of ether oxygens (including phenoxy) is 3. The highest BCUT2D eigenvalue weighted by Gasteiger charge is 2.52. The summed E-state index contributed by atoms with van der Waals surface area (Å²) in [5.41, 5.74) is -1.47. The molecule has 28 heavy (non-hydrogen) atoms.